The first-order valence-corrected chi connectivity index (χ1v) is 11.5. The van der Waals surface area contributed by atoms with Crippen molar-refractivity contribution >= 4 is 33.3 Å². The van der Waals surface area contributed by atoms with Gasteiger partial charge in [0.05, 0.1) is 4.90 Å². The molecule has 1 atom stereocenters. The van der Waals surface area contributed by atoms with Crippen molar-refractivity contribution in [2.75, 3.05) is 9.62 Å². The molecule has 0 bridgehead atoms. The quantitative estimate of drug-likeness (QED) is 0.614. The molecule has 8 nitrogen and oxygen atoms in total. The third-order valence-corrected chi connectivity index (χ3v) is 6.97. The van der Waals surface area contributed by atoms with E-state index >= 15 is 0 Å². The number of aromatic carboxylic acids is 1. The Morgan fingerprint density at radius 2 is 1.81 bits per heavy atom. The van der Waals surface area contributed by atoms with Crippen LogP contribution in [0.5, 0.6) is 0 Å². The summed E-state index contributed by atoms with van der Waals surface area (Å²) in [4.78, 5) is 25.1. The first-order valence-electron chi connectivity index (χ1n) is 10.1. The number of hydrogen-bond acceptors (Lipinski definition) is 4. The minimum atomic E-state index is -3.85. The minimum absolute atomic E-state index is 0.0204. The second-order valence-electron chi connectivity index (χ2n) is 7.91. The number of carbonyl (C=O) groups is 2. The first-order chi connectivity index (χ1) is 15.1. The molecule has 1 unspecified atom stereocenters. The highest BCUT2D eigenvalue weighted by Crippen LogP contribution is 2.34. The van der Waals surface area contributed by atoms with Gasteiger partial charge in [0.25, 0.3) is 10.0 Å². The average molecular weight is 454 g/mol. The highest BCUT2D eigenvalue weighted by Gasteiger charge is 2.30. The molecule has 0 radical (unpaired) electrons. The second-order valence-corrected chi connectivity index (χ2v) is 9.59. The maximum atomic E-state index is 13.0. The van der Waals surface area contributed by atoms with E-state index in [2.05, 4.69) is 4.72 Å². The van der Waals surface area contributed by atoms with E-state index in [0.717, 1.165) is 11.3 Å². The summed E-state index contributed by atoms with van der Waals surface area (Å²) in [7, 11) is -3.85. The lowest BCUT2D eigenvalue weighted by Gasteiger charge is -2.20. The third-order valence-electron chi connectivity index (χ3n) is 5.59. The number of anilines is 2. The summed E-state index contributed by atoms with van der Waals surface area (Å²) in [5.41, 5.74) is 3.40. The van der Waals surface area contributed by atoms with E-state index in [1.807, 2.05) is 6.92 Å². The molecular weight excluding hydrogens is 430 g/mol. The Hall–Kier alpha value is -3.59. The van der Waals surface area contributed by atoms with Crippen LogP contribution >= 0.6 is 0 Å². The third kappa shape index (κ3) is 3.75. The lowest BCUT2D eigenvalue weighted by Crippen LogP contribution is -2.33. The number of nitrogens with one attached hydrogen (secondary N) is 1. The van der Waals surface area contributed by atoms with Crippen LogP contribution in [0.25, 0.3) is 5.69 Å². The highest BCUT2D eigenvalue weighted by molar-refractivity contribution is 7.92. The summed E-state index contributed by atoms with van der Waals surface area (Å²) >= 11 is 0. The molecule has 1 aliphatic rings. The van der Waals surface area contributed by atoms with Crippen LogP contribution in [0.3, 0.4) is 0 Å². The van der Waals surface area contributed by atoms with Gasteiger partial charge in [-0.2, -0.15) is 0 Å². The molecule has 2 aromatic carbocycles. The van der Waals surface area contributed by atoms with E-state index in [4.69, 9.17) is 0 Å². The number of hydrogen-bond donors (Lipinski definition) is 2. The number of aryl methyl sites for hydroxylation is 1. The Bertz CT molecular complexity index is 1340. The van der Waals surface area contributed by atoms with Gasteiger partial charge >= 0.3 is 5.97 Å². The van der Waals surface area contributed by atoms with Gasteiger partial charge in [-0.3, -0.25) is 9.52 Å². The molecule has 1 amide bonds. The monoisotopic (exact) mass is 453 g/mol. The Balaban J connectivity index is 1.62. The van der Waals surface area contributed by atoms with Gasteiger partial charge < -0.3 is 14.6 Å². The van der Waals surface area contributed by atoms with Crippen molar-refractivity contribution in [2.24, 2.45) is 0 Å². The summed E-state index contributed by atoms with van der Waals surface area (Å²) < 4.78 is 30.1. The van der Waals surface area contributed by atoms with Gasteiger partial charge in [0, 0.05) is 36.2 Å². The summed E-state index contributed by atoms with van der Waals surface area (Å²) in [6.07, 6.45) is 2.24. The fourth-order valence-corrected chi connectivity index (χ4v) is 5.32. The van der Waals surface area contributed by atoms with Crippen molar-refractivity contribution in [1.29, 1.82) is 0 Å². The highest BCUT2D eigenvalue weighted by atomic mass is 32.2. The van der Waals surface area contributed by atoms with Gasteiger partial charge in [0.1, 0.15) is 5.69 Å². The zero-order valence-corrected chi connectivity index (χ0v) is 18.7. The molecule has 0 spiro atoms. The lowest BCUT2D eigenvalue weighted by molar-refractivity contribution is -0.116. The predicted octanol–water partition coefficient (Wildman–Crippen LogP) is 3.58. The molecule has 4 rings (SSSR count). The maximum absolute atomic E-state index is 13.0. The number of carboxylic acid groups (broad SMARTS) is 1. The molecule has 32 heavy (non-hydrogen) atoms. The molecule has 3 aromatic rings. The van der Waals surface area contributed by atoms with Crippen LogP contribution in [0, 0.1) is 6.92 Å². The summed E-state index contributed by atoms with van der Waals surface area (Å²) in [6.45, 7) is 5.21. The van der Waals surface area contributed by atoms with Crippen molar-refractivity contribution in [3.63, 3.8) is 0 Å². The topological polar surface area (TPSA) is 109 Å². The Morgan fingerprint density at radius 1 is 1.09 bits per heavy atom. The Kier molecular flexibility index (Phi) is 5.29. The number of aromatic nitrogens is 1. The molecule has 166 valence electrons. The number of nitrogens with zero attached hydrogens (tertiary/aromatic N) is 2. The van der Waals surface area contributed by atoms with Gasteiger partial charge in [-0.05, 0) is 79.9 Å². The molecule has 2 heterocycles. The summed E-state index contributed by atoms with van der Waals surface area (Å²) in [5.74, 6) is -1.12. The fourth-order valence-electron chi connectivity index (χ4n) is 4.22. The number of sulfonamides is 1. The fraction of sp³-hybridized carbons (Fsp3) is 0.217. The van der Waals surface area contributed by atoms with Crippen molar-refractivity contribution in [3.05, 3.63) is 71.5 Å². The van der Waals surface area contributed by atoms with Crippen molar-refractivity contribution in [2.45, 2.75) is 38.1 Å². The number of carboxylic acids is 1. The van der Waals surface area contributed by atoms with Crippen LogP contribution in [0.2, 0.25) is 0 Å². The van der Waals surface area contributed by atoms with E-state index in [9.17, 15) is 23.1 Å². The van der Waals surface area contributed by atoms with E-state index in [1.54, 1.807) is 59.0 Å². The molecule has 0 saturated carbocycles. The number of benzene rings is 2. The van der Waals surface area contributed by atoms with Crippen LogP contribution in [-0.2, 0) is 21.2 Å². The largest absolute Gasteiger partial charge is 0.477 e. The Morgan fingerprint density at radius 3 is 2.47 bits per heavy atom. The molecule has 2 N–H and O–H groups in total. The van der Waals surface area contributed by atoms with Gasteiger partial charge in [-0.15, -0.1) is 0 Å². The zero-order valence-electron chi connectivity index (χ0n) is 17.9. The normalized spacial score (nSPS) is 15.5. The maximum Gasteiger partial charge on any atom is 0.352 e. The molecular formula is C23H23N3O5S. The number of amides is 1. The first kappa shape index (κ1) is 21.6. The second kappa shape index (κ2) is 7.83. The SMILES string of the molecule is CC(=O)N1c2ccc(S(=O)(=O)Nc3ccc(-n4cccc4C(=O)O)c(C)c3)cc2CC1C. The molecule has 0 aliphatic carbocycles. The van der Waals surface area contributed by atoms with E-state index in [0.29, 0.717) is 23.4 Å². The smallest absolute Gasteiger partial charge is 0.352 e. The van der Waals surface area contributed by atoms with Crippen LogP contribution in [0.15, 0.2) is 59.6 Å². The van der Waals surface area contributed by atoms with Gasteiger partial charge in [0.15, 0.2) is 0 Å². The average Bonchev–Trinajstić information content (AvgIpc) is 3.30. The number of fused-ring (bicyclic) bond motifs is 1. The van der Waals surface area contributed by atoms with Crippen LogP contribution in [-0.4, -0.2) is 36.0 Å². The lowest BCUT2D eigenvalue weighted by atomic mass is 10.1. The Labute approximate surface area is 186 Å². The number of carbonyl (C=O) groups excluding carboxylic acids is 1. The molecule has 1 aliphatic heterocycles. The number of rotatable bonds is 5. The van der Waals surface area contributed by atoms with E-state index < -0.39 is 16.0 Å². The standard InChI is InChI=1S/C23H23N3O5S/c1-14-11-18(6-8-20(14)25-10-4-5-22(25)23(28)29)24-32(30,31)19-7-9-21-17(13-19)12-15(2)26(21)16(3)27/h4-11,13,15,24H,12H2,1-3H3,(H,28,29). The molecule has 1 aromatic heterocycles. The van der Waals surface area contributed by atoms with E-state index in [1.165, 1.54) is 19.1 Å². The predicted molar refractivity (Wildman–Crippen MR) is 121 cm³/mol. The van der Waals surface area contributed by atoms with Gasteiger partial charge in [0.2, 0.25) is 5.91 Å². The van der Waals surface area contributed by atoms with Gasteiger partial charge in [-0.1, -0.05) is 0 Å². The molecule has 0 saturated heterocycles. The molecule has 0 fully saturated rings. The summed E-state index contributed by atoms with van der Waals surface area (Å²) in [6, 6.07) is 12.8. The molecule has 9 heteroatoms. The van der Waals surface area contributed by atoms with E-state index in [-0.39, 0.29) is 22.5 Å². The van der Waals surface area contributed by atoms with Crippen molar-refractivity contribution < 1.29 is 23.1 Å². The van der Waals surface area contributed by atoms with Crippen molar-refractivity contribution in [3.8, 4) is 5.69 Å². The van der Waals surface area contributed by atoms with Crippen LogP contribution < -0.4 is 9.62 Å². The zero-order chi connectivity index (χ0) is 23.2. The van der Waals surface area contributed by atoms with Gasteiger partial charge in [-0.25, -0.2) is 13.2 Å². The van der Waals surface area contributed by atoms with Crippen molar-refractivity contribution in [1.82, 2.24) is 4.57 Å². The van der Waals surface area contributed by atoms with Crippen LogP contribution in [0.4, 0.5) is 11.4 Å². The van der Waals surface area contributed by atoms with Crippen LogP contribution in [0.1, 0.15) is 35.5 Å². The minimum Gasteiger partial charge on any atom is -0.477 e. The summed E-state index contributed by atoms with van der Waals surface area (Å²) in [5, 5.41) is 9.34.